The molecule has 0 spiro atoms. The third-order valence-corrected chi connectivity index (χ3v) is 7.37. The summed E-state index contributed by atoms with van der Waals surface area (Å²) in [6, 6.07) is 43.3. The number of allylic oxidation sites excluding steroid dienone is 1. The predicted octanol–water partition coefficient (Wildman–Crippen LogP) is 6.22. The van der Waals surface area contributed by atoms with Gasteiger partial charge in [0.2, 0.25) is 0 Å². The quantitative estimate of drug-likeness (QED) is 0.281. The van der Waals surface area contributed by atoms with Gasteiger partial charge in [0.25, 0.3) is 0 Å². The first kappa shape index (κ1) is 20.8. The summed E-state index contributed by atoms with van der Waals surface area (Å²) in [5.41, 5.74) is 3.87. The van der Waals surface area contributed by atoms with Crippen LogP contribution in [-0.4, -0.2) is 8.41 Å². The molecule has 0 aliphatic carbocycles. The van der Waals surface area contributed by atoms with E-state index in [1.807, 2.05) is 0 Å². The highest BCUT2D eigenvalue weighted by atomic mass is 31.1. The fraction of sp³-hybridized carbons (Fsp3) is 0.0370. The fourth-order valence-electron chi connectivity index (χ4n) is 3.60. The van der Waals surface area contributed by atoms with Crippen LogP contribution in [0.2, 0.25) is 0 Å². The van der Waals surface area contributed by atoms with Gasteiger partial charge in [0.1, 0.15) is 0 Å². The minimum atomic E-state index is -0.619. The Balaban J connectivity index is 0.00000240. The van der Waals surface area contributed by atoms with Crippen molar-refractivity contribution in [1.82, 2.24) is 0 Å². The third kappa shape index (κ3) is 4.76. The maximum absolute atomic E-state index is 2.31. The maximum Gasteiger partial charge on any atom is 0 e. The normalized spacial score (nSPS) is 10.3. The molecular formula is C27H23BP. The van der Waals surface area contributed by atoms with Crippen LogP contribution in [-0.2, 0) is 0 Å². The molecule has 3 radical (unpaired) electrons. The molecule has 0 saturated carbocycles. The molecule has 29 heavy (non-hydrogen) atoms. The highest BCUT2D eigenvalue weighted by Crippen LogP contribution is 2.47. The van der Waals surface area contributed by atoms with Crippen molar-refractivity contribution in [3.05, 3.63) is 138 Å². The molecule has 4 rings (SSSR count). The molecule has 0 aliphatic heterocycles. The minimum Gasteiger partial charge on any atom is -0.0622 e. The monoisotopic (exact) mass is 389 g/mol. The van der Waals surface area contributed by atoms with E-state index in [0.717, 1.165) is 0 Å². The van der Waals surface area contributed by atoms with Gasteiger partial charge in [-0.2, -0.15) is 0 Å². The van der Waals surface area contributed by atoms with Gasteiger partial charge in [-0.05, 0) is 47.5 Å². The molecule has 0 atom stereocenters. The van der Waals surface area contributed by atoms with E-state index in [4.69, 9.17) is 0 Å². The summed E-state index contributed by atoms with van der Waals surface area (Å²) in [6.45, 7) is 2.31. The topological polar surface area (TPSA) is 0 Å². The van der Waals surface area contributed by atoms with Crippen LogP contribution in [0, 0.1) is 0 Å². The maximum atomic E-state index is 2.31. The summed E-state index contributed by atoms with van der Waals surface area (Å²) in [5.74, 6) is 0. The zero-order chi connectivity index (χ0) is 19.2. The number of hydrogen-bond acceptors (Lipinski definition) is 0. The number of hydrogen-bond donors (Lipinski definition) is 0. The Morgan fingerprint density at radius 3 is 1.14 bits per heavy atom. The van der Waals surface area contributed by atoms with Crippen molar-refractivity contribution < 1.29 is 0 Å². The second-order valence-electron chi connectivity index (χ2n) is 6.70. The molecule has 2 heteroatoms. The van der Waals surface area contributed by atoms with E-state index in [0.29, 0.717) is 0 Å². The molecule has 0 aromatic heterocycles. The first-order valence-electron chi connectivity index (χ1n) is 9.56. The Hall–Kier alpha value is -2.89. The van der Waals surface area contributed by atoms with Gasteiger partial charge in [-0.3, -0.25) is 0 Å². The number of rotatable bonds is 5. The summed E-state index contributed by atoms with van der Waals surface area (Å²) in [4.78, 5) is 0. The van der Waals surface area contributed by atoms with Crippen molar-refractivity contribution in [1.29, 1.82) is 0 Å². The second-order valence-corrected chi connectivity index (χ2v) is 9.07. The SMILES string of the molecule is CC(=C(c1ccccc1)c1ccccc1)P(c1ccccc1)c1ccccc1.[B]. The van der Waals surface area contributed by atoms with Crippen molar-refractivity contribution in [3.8, 4) is 0 Å². The summed E-state index contributed by atoms with van der Waals surface area (Å²) in [5, 5.41) is 4.18. The van der Waals surface area contributed by atoms with Crippen LogP contribution < -0.4 is 10.6 Å². The van der Waals surface area contributed by atoms with E-state index in [1.165, 1.54) is 32.6 Å². The van der Waals surface area contributed by atoms with Crippen molar-refractivity contribution in [2.75, 3.05) is 0 Å². The van der Waals surface area contributed by atoms with Gasteiger partial charge in [0.05, 0.1) is 0 Å². The Morgan fingerprint density at radius 1 is 0.483 bits per heavy atom. The second kappa shape index (κ2) is 10.1. The van der Waals surface area contributed by atoms with E-state index in [-0.39, 0.29) is 8.41 Å². The summed E-state index contributed by atoms with van der Waals surface area (Å²) in [7, 11) is -0.619. The van der Waals surface area contributed by atoms with Gasteiger partial charge in [0.15, 0.2) is 0 Å². The average Bonchev–Trinajstić information content (AvgIpc) is 2.77. The Morgan fingerprint density at radius 2 is 0.793 bits per heavy atom. The molecule has 0 heterocycles. The lowest BCUT2D eigenvalue weighted by Crippen LogP contribution is -2.13. The average molecular weight is 389 g/mol. The standard InChI is InChI=1S/C27H23P.B/c1-22(27(23-14-6-2-7-15-23)24-16-8-3-9-17-24)28(25-18-10-4-11-19-25)26-20-12-5-13-21-26;/h2-21H,1H3;. The fourth-order valence-corrected chi connectivity index (χ4v) is 6.09. The van der Waals surface area contributed by atoms with Crippen LogP contribution in [0.5, 0.6) is 0 Å². The highest BCUT2D eigenvalue weighted by molar-refractivity contribution is 7.77. The van der Waals surface area contributed by atoms with Gasteiger partial charge < -0.3 is 0 Å². The Labute approximate surface area is 177 Å². The van der Waals surface area contributed by atoms with Gasteiger partial charge in [0, 0.05) is 8.41 Å². The number of benzene rings is 4. The molecule has 4 aromatic rings. The van der Waals surface area contributed by atoms with Gasteiger partial charge in [-0.1, -0.05) is 121 Å². The molecule has 0 saturated heterocycles. The van der Waals surface area contributed by atoms with Crippen LogP contribution in [0.1, 0.15) is 18.1 Å². The van der Waals surface area contributed by atoms with E-state index < -0.39 is 7.92 Å². The van der Waals surface area contributed by atoms with Crippen molar-refractivity contribution in [3.63, 3.8) is 0 Å². The zero-order valence-corrected chi connectivity index (χ0v) is 17.5. The molecule has 0 N–H and O–H groups in total. The molecule has 0 nitrogen and oxygen atoms in total. The smallest absolute Gasteiger partial charge is 0 e. The summed E-state index contributed by atoms with van der Waals surface area (Å²) in [6.07, 6.45) is 0. The molecule has 139 valence electrons. The zero-order valence-electron chi connectivity index (χ0n) is 16.6. The summed E-state index contributed by atoms with van der Waals surface area (Å²) < 4.78 is 0. The summed E-state index contributed by atoms with van der Waals surface area (Å²) >= 11 is 0. The first-order valence-corrected chi connectivity index (χ1v) is 10.9. The molecule has 0 fully saturated rings. The van der Waals surface area contributed by atoms with E-state index in [9.17, 15) is 0 Å². The molecule has 0 amide bonds. The molecular weight excluding hydrogens is 366 g/mol. The van der Waals surface area contributed by atoms with E-state index >= 15 is 0 Å². The molecule has 0 bridgehead atoms. The van der Waals surface area contributed by atoms with Crippen LogP contribution in [0.25, 0.3) is 5.57 Å². The van der Waals surface area contributed by atoms with E-state index in [1.54, 1.807) is 0 Å². The molecule has 0 unspecified atom stereocenters. The highest BCUT2D eigenvalue weighted by Gasteiger charge is 2.20. The third-order valence-electron chi connectivity index (χ3n) is 4.85. The van der Waals surface area contributed by atoms with Crippen molar-refractivity contribution >= 4 is 32.5 Å². The minimum absolute atomic E-state index is 0. The van der Waals surface area contributed by atoms with Crippen LogP contribution >= 0.6 is 7.92 Å². The van der Waals surface area contributed by atoms with Crippen molar-refractivity contribution in [2.24, 2.45) is 0 Å². The van der Waals surface area contributed by atoms with Crippen LogP contribution in [0.4, 0.5) is 0 Å². The molecule has 0 aliphatic rings. The van der Waals surface area contributed by atoms with Crippen LogP contribution in [0.3, 0.4) is 0 Å². The Kier molecular flexibility index (Phi) is 7.22. The largest absolute Gasteiger partial charge is 0.0622 e. The first-order chi connectivity index (χ1) is 13.8. The van der Waals surface area contributed by atoms with Gasteiger partial charge in [-0.25, -0.2) is 0 Å². The Bertz CT molecular complexity index is 962. The lowest BCUT2D eigenvalue weighted by molar-refractivity contribution is 1.51. The van der Waals surface area contributed by atoms with Crippen molar-refractivity contribution in [2.45, 2.75) is 6.92 Å². The van der Waals surface area contributed by atoms with E-state index in [2.05, 4.69) is 128 Å². The lowest BCUT2D eigenvalue weighted by Gasteiger charge is -2.24. The predicted molar refractivity (Wildman–Crippen MR) is 129 cm³/mol. The lowest BCUT2D eigenvalue weighted by atomic mass is 9.98. The van der Waals surface area contributed by atoms with Crippen LogP contribution in [0.15, 0.2) is 127 Å². The van der Waals surface area contributed by atoms with Gasteiger partial charge >= 0.3 is 0 Å². The van der Waals surface area contributed by atoms with Gasteiger partial charge in [-0.15, -0.1) is 0 Å². The molecule has 4 aromatic carbocycles.